The zero-order valence-electron chi connectivity index (χ0n) is 10.2. The van der Waals surface area contributed by atoms with Crippen molar-refractivity contribution in [1.29, 1.82) is 0 Å². The predicted molar refractivity (Wildman–Crippen MR) is 66.8 cm³/mol. The molecule has 0 aliphatic carbocycles. The zero-order valence-corrected chi connectivity index (χ0v) is 10.2. The lowest BCUT2D eigenvalue weighted by atomic mass is 10.1. The molecule has 2 rings (SSSR count). The summed E-state index contributed by atoms with van der Waals surface area (Å²) in [6.07, 6.45) is 2.22. The van der Waals surface area contributed by atoms with E-state index in [-0.39, 0.29) is 0 Å². The van der Waals surface area contributed by atoms with Gasteiger partial charge < -0.3 is 9.84 Å². The molecular formula is C13H17N3O. The third-order valence-electron chi connectivity index (χ3n) is 2.54. The Hall–Kier alpha value is -1.84. The van der Waals surface area contributed by atoms with E-state index in [2.05, 4.69) is 40.6 Å². The van der Waals surface area contributed by atoms with Gasteiger partial charge in [-0.1, -0.05) is 36.7 Å². The van der Waals surface area contributed by atoms with Gasteiger partial charge in [0.2, 0.25) is 5.89 Å². The van der Waals surface area contributed by atoms with Gasteiger partial charge in [-0.15, -0.1) is 0 Å². The lowest BCUT2D eigenvalue weighted by molar-refractivity contribution is 0.388. The molecule has 0 spiro atoms. The molecule has 0 amide bonds. The number of hydrogen-bond donors (Lipinski definition) is 1. The van der Waals surface area contributed by atoms with Crippen molar-refractivity contribution < 1.29 is 4.52 Å². The van der Waals surface area contributed by atoms with Crippen LogP contribution in [-0.2, 0) is 13.0 Å². The van der Waals surface area contributed by atoms with E-state index in [1.165, 1.54) is 5.56 Å². The standard InChI is InChI=1S/C13H17N3O/c1-3-6-11-7-4-5-8-12(11)14-9-13-15-10(2)17-16-13/h4-5,7-8,14H,3,6,9H2,1-2H3. The van der Waals surface area contributed by atoms with Crippen LogP contribution in [0.5, 0.6) is 0 Å². The number of para-hydroxylation sites is 1. The second kappa shape index (κ2) is 5.48. The van der Waals surface area contributed by atoms with E-state index in [9.17, 15) is 0 Å². The number of hydrogen-bond acceptors (Lipinski definition) is 4. The van der Waals surface area contributed by atoms with Crippen molar-refractivity contribution in [3.8, 4) is 0 Å². The first kappa shape index (κ1) is 11.6. The highest BCUT2D eigenvalue weighted by Gasteiger charge is 2.04. The van der Waals surface area contributed by atoms with Crippen molar-refractivity contribution in [3.05, 3.63) is 41.5 Å². The Morgan fingerprint density at radius 2 is 2.12 bits per heavy atom. The van der Waals surface area contributed by atoms with Gasteiger partial charge in [0.25, 0.3) is 0 Å². The van der Waals surface area contributed by atoms with Crippen LogP contribution in [0.25, 0.3) is 0 Å². The first-order chi connectivity index (χ1) is 8.29. The van der Waals surface area contributed by atoms with Crippen LogP contribution in [0, 0.1) is 6.92 Å². The molecule has 0 fully saturated rings. The number of anilines is 1. The summed E-state index contributed by atoms with van der Waals surface area (Å²) in [5.41, 5.74) is 2.48. The lowest BCUT2D eigenvalue weighted by Gasteiger charge is -2.09. The molecule has 0 bridgehead atoms. The summed E-state index contributed by atoms with van der Waals surface area (Å²) < 4.78 is 4.93. The van der Waals surface area contributed by atoms with Crippen LogP contribution in [0.4, 0.5) is 5.69 Å². The molecule has 0 aliphatic rings. The Labute approximate surface area is 101 Å². The second-order valence-corrected chi connectivity index (χ2v) is 3.99. The first-order valence-corrected chi connectivity index (χ1v) is 5.90. The van der Waals surface area contributed by atoms with Crippen LogP contribution in [0.2, 0.25) is 0 Å². The van der Waals surface area contributed by atoms with Gasteiger partial charge in [-0.05, 0) is 18.1 Å². The van der Waals surface area contributed by atoms with Gasteiger partial charge in [0, 0.05) is 12.6 Å². The van der Waals surface area contributed by atoms with Crippen LogP contribution < -0.4 is 5.32 Å². The molecule has 1 aromatic carbocycles. The number of aryl methyl sites for hydroxylation is 2. The number of nitrogens with one attached hydrogen (secondary N) is 1. The maximum absolute atomic E-state index is 4.93. The number of aromatic nitrogens is 2. The first-order valence-electron chi connectivity index (χ1n) is 5.90. The van der Waals surface area contributed by atoms with Crippen molar-refractivity contribution in [3.63, 3.8) is 0 Å². The normalized spacial score (nSPS) is 10.5. The summed E-state index contributed by atoms with van der Waals surface area (Å²) in [6.45, 7) is 4.57. The van der Waals surface area contributed by atoms with Crippen molar-refractivity contribution in [1.82, 2.24) is 10.1 Å². The van der Waals surface area contributed by atoms with Crippen molar-refractivity contribution in [2.24, 2.45) is 0 Å². The van der Waals surface area contributed by atoms with Crippen LogP contribution in [0.15, 0.2) is 28.8 Å². The van der Waals surface area contributed by atoms with E-state index < -0.39 is 0 Å². The molecule has 1 N–H and O–H groups in total. The van der Waals surface area contributed by atoms with Gasteiger partial charge in [0.05, 0.1) is 6.54 Å². The maximum atomic E-state index is 4.93. The Balaban J connectivity index is 2.03. The number of nitrogens with zero attached hydrogens (tertiary/aromatic N) is 2. The monoisotopic (exact) mass is 231 g/mol. The molecule has 0 aliphatic heterocycles. The molecule has 0 atom stereocenters. The molecule has 2 aromatic rings. The van der Waals surface area contributed by atoms with Gasteiger partial charge in [-0.2, -0.15) is 4.98 Å². The topological polar surface area (TPSA) is 51.0 Å². The third kappa shape index (κ3) is 3.06. The average Bonchev–Trinajstić information content (AvgIpc) is 2.74. The van der Waals surface area contributed by atoms with Crippen LogP contribution >= 0.6 is 0 Å². The quantitative estimate of drug-likeness (QED) is 0.859. The summed E-state index contributed by atoms with van der Waals surface area (Å²) in [4.78, 5) is 4.16. The minimum absolute atomic E-state index is 0.595. The molecule has 1 heterocycles. The van der Waals surface area contributed by atoms with Gasteiger partial charge in [-0.25, -0.2) is 0 Å². The fourth-order valence-electron chi connectivity index (χ4n) is 1.77. The Bertz CT molecular complexity index is 479. The summed E-state index contributed by atoms with van der Waals surface area (Å²) in [5, 5.41) is 7.20. The second-order valence-electron chi connectivity index (χ2n) is 3.99. The average molecular weight is 231 g/mol. The van der Waals surface area contributed by atoms with E-state index in [4.69, 9.17) is 4.52 Å². The molecule has 4 nitrogen and oxygen atoms in total. The molecule has 0 radical (unpaired) electrons. The van der Waals surface area contributed by atoms with E-state index in [0.29, 0.717) is 18.3 Å². The zero-order chi connectivity index (χ0) is 12.1. The molecule has 90 valence electrons. The maximum Gasteiger partial charge on any atom is 0.223 e. The minimum atomic E-state index is 0.595. The van der Waals surface area contributed by atoms with Gasteiger partial charge in [0.1, 0.15) is 0 Å². The van der Waals surface area contributed by atoms with Gasteiger partial charge >= 0.3 is 0 Å². The van der Waals surface area contributed by atoms with Crippen LogP contribution in [0.3, 0.4) is 0 Å². The largest absolute Gasteiger partial charge is 0.377 e. The van der Waals surface area contributed by atoms with E-state index in [1.54, 1.807) is 6.92 Å². The van der Waals surface area contributed by atoms with Gasteiger partial charge in [-0.3, -0.25) is 0 Å². The Kier molecular flexibility index (Phi) is 3.75. The van der Waals surface area contributed by atoms with E-state index >= 15 is 0 Å². The van der Waals surface area contributed by atoms with E-state index in [0.717, 1.165) is 18.5 Å². The van der Waals surface area contributed by atoms with E-state index in [1.807, 2.05) is 6.07 Å². The highest BCUT2D eigenvalue weighted by atomic mass is 16.5. The van der Waals surface area contributed by atoms with Crippen LogP contribution in [0.1, 0.15) is 30.6 Å². The molecule has 17 heavy (non-hydrogen) atoms. The fraction of sp³-hybridized carbons (Fsp3) is 0.385. The predicted octanol–water partition coefficient (Wildman–Crippen LogP) is 2.94. The summed E-state index contributed by atoms with van der Waals surface area (Å²) in [6, 6.07) is 8.32. The summed E-state index contributed by atoms with van der Waals surface area (Å²) in [7, 11) is 0. The Morgan fingerprint density at radius 3 is 2.82 bits per heavy atom. The third-order valence-corrected chi connectivity index (χ3v) is 2.54. The summed E-state index contributed by atoms with van der Waals surface area (Å²) >= 11 is 0. The molecular weight excluding hydrogens is 214 g/mol. The summed E-state index contributed by atoms with van der Waals surface area (Å²) in [5.74, 6) is 1.29. The van der Waals surface area contributed by atoms with Crippen LogP contribution in [-0.4, -0.2) is 10.1 Å². The molecule has 0 saturated heterocycles. The molecule has 4 heteroatoms. The Morgan fingerprint density at radius 1 is 1.29 bits per heavy atom. The number of benzene rings is 1. The minimum Gasteiger partial charge on any atom is -0.377 e. The van der Waals surface area contributed by atoms with Gasteiger partial charge in [0.15, 0.2) is 5.82 Å². The lowest BCUT2D eigenvalue weighted by Crippen LogP contribution is -2.03. The van der Waals surface area contributed by atoms with Crippen molar-refractivity contribution in [2.45, 2.75) is 33.2 Å². The smallest absolute Gasteiger partial charge is 0.223 e. The SMILES string of the molecule is CCCc1ccccc1NCc1noc(C)n1. The highest BCUT2D eigenvalue weighted by molar-refractivity contribution is 5.51. The van der Waals surface area contributed by atoms with Crippen molar-refractivity contribution in [2.75, 3.05) is 5.32 Å². The number of rotatable bonds is 5. The molecule has 0 saturated carbocycles. The van der Waals surface area contributed by atoms with Crippen molar-refractivity contribution >= 4 is 5.69 Å². The molecule has 1 aromatic heterocycles. The fourth-order valence-corrected chi connectivity index (χ4v) is 1.77. The molecule has 0 unspecified atom stereocenters. The highest BCUT2D eigenvalue weighted by Crippen LogP contribution is 2.17.